The number of aliphatic hydroxyl groups is 1. The Morgan fingerprint density at radius 3 is 2.33 bits per heavy atom. The monoisotopic (exact) mass is 685 g/mol. The third-order valence-corrected chi connectivity index (χ3v) is 10.6. The fraction of sp³-hybridized carbons (Fsp3) is 0.588. The van der Waals surface area contributed by atoms with Crippen molar-refractivity contribution < 1.29 is 33.8 Å². The predicted molar refractivity (Wildman–Crippen MR) is 171 cm³/mol. The summed E-state index contributed by atoms with van der Waals surface area (Å²) in [5.74, 6) is -3.76. The molecule has 4 heterocycles. The van der Waals surface area contributed by atoms with Gasteiger partial charge in [-0.2, -0.15) is 0 Å². The number of hydrogen-bond donors (Lipinski definition) is 1. The van der Waals surface area contributed by atoms with Gasteiger partial charge in [-0.15, -0.1) is 0 Å². The van der Waals surface area contributed by atoms with Crippen LogP contribution in [0.2, 0.25) is 0 Å². The Balaban J connectivity index is 1.66. The maximum Gasteiger partial charge on any atom is 0.313 e. The highest BCUT2D eigenvalue weighted by atomic mass is 79.9. The topological polar surface area (TPSA) is 117 Å². The van der Waals surface area contributed by atoms with Crippen LogP contribution < -0.4 is 0 Å². The number of allylic oxidation sites excluding steroid dienone is 1. The van der Waals surface area contributed by atoms with Crippen LogP contribution in [-0.2, 0) is 28.7 Å². The highest BCUT2D eigenvalue weighted by molar-refractivity contribution is 9.11. The highest BCUT2D eigenvalue weighted by Gasteiger charge is 2.75. The van der Waals surface area contributed by atoms with Gasteiger partial charge in [0.1, 0.15) is 29.8 Å². The third kappa shape index (κ3) is 5.65. The number of halogens is 1. The molecule has 1 N–H and O–H groups in total. The van der Waals surface area contributed by atoms with Gasteiger partial charge in [-0.1, -0.05) is 72.3 Å². The van der Waals surface area contributed by atoms with E-state index in [1.165, 1.54) is 4.90 Å². The van der Waals surface area contributed by atoms with E-state index in [0.29, 0.717) is 16.5 Å². The lowest BCUT2D eigenvalue weighted by molar-refractivity contribution is -0.164. The van der Waals surface area contributed by atoms with Crippen molar-refractivity contribution in [3.8, 4) is 0 Å². The van der Waals surface area contributed by atoms with Crippen molar-refractivity contribution in [2.45, 2.75) is 89.4 Å². The molecule has 5 rings (SSSR count). The lowest BCUT2D eigenvalue weighted by atomic mass is 9.74. The predicted octanol–water partition coefficient (Wildman–Crippen LogP) is 3.59. The Morgan fingerprint density at radius 2 is 1.71 bits per heavy atom. The van der Waals surface area contributed by atoms with Crippen molar-refractivity contribution in [1.29, 1.82) is 0 Å². The minimum atomic E-state index is -1.44. The number of esters is 1. The first-order chi connectivity index (χ1) is 21.3. The number of hydrogen-bond acceptors (Lipinski definition) is 7. The molecule has 4 aliphatic heterocycles. The van der Waals surface area contributed by atoms with Crippen molar-refractivity contribution in [3.05, 3.63) is 58.6 Å². The van der Waals surface area contributed by atoms with Crippen LogP contribution in [0.5, 0.6) is 0 Å². The van der Waals surface area contributed by atoms with E-state index in [9.17, 15) is 24.3 Å². The number of cyclic esters (lactones) is 1. The van der Waals surface area contributed by atoms with E-state index in [1.54, 1.807) is 22.9 Å². The third-order valence-electron chi connectivity index (χ3n) is 9.90. The zero-order valence-corrected chi connectivity index (χ0v) is 28.3. The molecule has 0 saturated carbocycles. The number of nitrogens with zero attached hydrogens (tertiary/aromatic N) is 3. The number of likely N-dealkylation sites (tertiary alicyclic amines) is 1. The second kappa shape index (κ2) is 13.0. The molecule has 10 nitrogen and oxygen atoms in total. The van der Waals surface area contributed by atoms with E-state index in [2.05, 4.69) is 15.9 Å². The van der Waals surface area contributed by atoms with E-state index in [4.69, 9.17) is 9.47 Å². The van der Waals surface area contributed by atoms with E-state index < -0.39 is 59.6 Å². The molecule has 3 amide bonds. The molecule has 1 aromatic rings. The molecule has 5 bridgehead atoms. The number of aliphatic hydroxyl groups excluding tert-OH is 1. The maximum atomic E-state index is 14.6. The second-order valence-electron chi connectivity index (χ2n) is 13.2. The largest absolute Gasteiger partial charge is 0.455 e. The number of likely N-dealkylation sites (N-methyl/N-ethyl adjacent to an activating group) is 1. The van der Waals surface area contributed by atoms with Gasteiger partial charge in [-0.25, -0.2) is 0 Å². The zero-order valence-electron chi connectivity index (χ0n) is 26.8. The number of ether oxygens (including phenoxy) is 2. The summed E-state index contributed by atoms with van der Waals surface area (Å²) in [5, 5.41) is 10.5. The summed E-state index contributed by atoms with van der Waals surface area (Å²) in [6.07, 6.45) is 4.60. The minimum absolute atomic E-state index is 0.105. The molecule has 1 spiro atoms. The molecule has 1 aromatic carbocycles. The van der Waals surface area contributed by atoms with Gasteiger partial charge in [0, 0.05) is 30.5 Å². The number of carbonyl (C=O) groups excluding carboxylic acids is 4. The molecular formula is C34H44BrN3O7. The van der Waals surface area contributed by atoms with Crippen LogP contribution in [0.3, 0.4) is 0 Å². The Kier molecular flexibility index (Phi) is 9.63. The number of benzene rings is 1. The number of fused-ring (bicyclic) bond motifs is 2. The van der Waals surface area contributed by atoms with E-state index in [0.717, 1.165) is 0 Å². The molecule has 2 fully saturated rings. The van der Waals surface area contributed by atoms with Gasteiger partial charge >= 0.3 is 5.97 Å². The Bertz CT molecular complexity index is 1380. The van der Waals surface area contributed by atoms with E-state index in [-0.39, 0.29) is 43.3 Å². The molecule has 0 unspecified atom stereocenters. The van der Waals surface area contributed by atoms with Crippen molar-refractivity contribution >= 4 is 39.6 Å². The Hall–Kier alpha value is -3.02. The molecule has 11 heteroatoms. The Morgan fingerprint density at radius 1 is 1.02 bits per heavy atom. The summed E-state index contributed by atoms with van der Waals surface area (Å²) in [7, 11) is 1.70. The average molecular weight is 687 g/mol. The molecule has 4 aliphatic rings. The zero-order chi connectivity index (χ0) is 32.8. The average Bonchev–Trinajstić information content (AvgIpc) is 3.60. The van der Waals surface area contributed by atoms with E-state index >= 15 is 0 Å². The quantitative estimate of drug-likeness (QED) is 0.372. The first-order valence-electron chi connectivity index (χ1n) is 15.8. The highest BCUT2D eigenvalue weighted by Crippen LogP contribution is 2.59. The fourth-order valence-corrected chi connectivity index (χ4v) is 8.04. The number of rotatable bonds is 5. The molecule has 2 saturated heterocycles. The molecule has 244 valence electrons. The van der Waals surface area contributed by atoms with Gasteiger partial charge in [0.15, 0.2) is 0 Å². The minimum Gasteiger partial charge on any atom is -0.455 e. The summed E-state index contributed by atoms with van der Waals surface area (Å²) >= 11 is 3.59. The van der Waals surface area contributed by atoms with Crippen molar-refractivity contribution in [3.63, 3.8) is 0 Å². The lowest BCUT2D eigenvalue weighted by Crippen LogP contribution is -2.60. The molecule has 0 radical (unpaired) electrons. The molecular weight excluding hydrogens is 642 g/mol. The lowest BCUT2D eigenvalue weighted by Gasteiger charge is -2.40. The van der Waals surface area contributed by atoms with Crippen LogP contribution in [0.1, 0.15) is 59.1 Å². The molecule has 8 atom stereocenters. The van der Waals surface area contributed by atoms with Crippen molar-refractivity contribution in [2.75, 3.05) is 20.2 Å². The van der Waals surface area contributed by atoms with Gasteiger partial charge in [0.2, 0.25) is 17.7 Å². The summed E-state index contributed by atoms with van der Waals surface area (Å²) in [6.45, 7) is 9.34. The normalized spacial score (nSPS) is 34.0. The molecule has 0 aliphatic carbocycles. The SMILES string of the molecule is CC(C)[C@H](CO)N1C(=O)[C@H]2[C@@H]3C(=O)O[C@H](c4ccccc4)[C@@H](C)N(C)C(=O)CC/C=C\CN(C(C)C)C(=O)[C@H]1[C@@]21C=C(Br)[C@@H]3O1. The summed E-state index contributed by atoms with van der Waals surface area (Å²) < 4.78 is 13.5. The van der Waals surface area contributed by atoms with Crippen LogP contribution in [0.4, 0.5) is 0 Å². The van der Waals surface area contributed by atoms with E-state index in [1.807, 2.05) is 77.1 Å². The summed E-state index contributed by atoms with van der Waals surface area (Å²) in [6, 6.07) is 6.72. The van der Waals surface area contributed by atoms with Crippen LogP contribution in [0.25, 0.3) is 0 Å². The summed E-state index contributed by atoms with van der Waals surface area (Å²) in [5.41, 5.74) is -0.723. The Labute approximate surface area is 273 Å². The standard InChI is InChI=1S/C34H44BrN3O7/c1-19(2)24(18-39)38-30-32(42)37(20(3)4)16-12-8-11-15-25(40)36(6)21(5)28(22-13-9-7-10-14-22)44-33(43)26-27(31(38)41)34(30)17-23(35)29(26)45-34/h7-10,12-14,17,19-21,24,26-30,39H,11,15-16,18H2,1-6H3/b12-8-/t21-,24+,26+,27-,28+,29+,30+,34-/m1/s1. The van der Waals surface area contributed by atoms with Gasteiger partial charge in [-0.05, 0) is 44.7 Å². The second-order valence-corrected chi connectivity index (χ2v) is 14.1. The maximum absolute atomic E-state index is 14.6. The molecule has 0 aromatic heterocycles. The molecule has 45 heavy (non-hydrogen) atoms. The van der Waals surface area contributed by atoms with Gasteiger partial charge in [-0.3, -0.25) is 19.2 Å². The van der Waals surface area contributed by atoms with Gasteiger partial charge in [0.25, 0.3) is 0 Å². The van der Waals surface area contributed by atoms with Gasteiger partial charge < -0.3 is 29.3 Å². The fourth-order valence-electron chi connectivity index (χ4n) is 7.31. The van der Waals surface area contributed by atoms with Crippen LogP contribution in [0.15, 0.2) is 53.0 Å². The first-order valence-corrected chi connectivity index (χ1v) is 16.6. The number of amides is 3. The van der Waals surface area contributed by atoms with Gasteiger partial charge in [0.05, 0.1) is 24.6 Å². The van der Waals surface area contributed by atoms with Crippen molar-refractivity contribution in [1.82, 2.24) is 14.7 Å². The van der Waals surface area contributed by atoms with Crippen LogP contribution in [0, 0.1) is 17.8 Å². The van der Waals surface area contributed by atoms with Crippen molar-refractivity contribution in [2.24, 2.45) is 17.8 Å². The number of carbonyl (C=O) groups is 4. The smallest absolute Gasteiger partial charge is 0.313 e. The van der Waals surface area contributed by atoms with Crippen LogP contribution >= 0.6 is 15.9 Å². The van der Waals surface area contributed by atoms with Crippen LogP contribution in [-0.4, -0.2) is 99.6 Å². The first kappa shape index (κ1) is 33.3. The summed E-state index contributed by atoms with van der Waals surface area (Å²) in [4.78, 5) is 61.6.